The van der Waals surface area contributed by atoms with Gasteiger partial charge in [0.15, 0.2) is 0 Å². The monoisotopic (exact) mass is 729 g/mol. The Kier molecular flexibility index (Phi) is 13.6. The Labute approximate surface area is 313 Å². The predicted molar refractivity (Wildman–Crippen MR) is 202 cm³/mol. The number of aliphatic hydroxyl groups excluding tert-OH is 1. The lowest BCUT2D eigenvalue weighted by Crippen LogP contribution is -2.56. The van der Waals surface area contributed by atoms with Crippen molar-refractivity contribution in [1.82, 2.24) is 10.2 Å². The summed E-state index contributed by atoms with van der Waals surface area (Å²) in [5, 5.41) is 12.3. The number of aryl methyl sites for hydroxylation is 2. The molecule has 3 heterocycles. The molecule has 3 amide bonds. The number of methoxy groups -OCH3 is 1. The van der Waals surface area contributed by atoms with E-state index in [2.05, 4.69) is 18.5 Å². The highest BCUT2D eigenvalue weighted by Gasteiger charge is 2.75. The Morgan fingerprint density at radius 2 is 1.85 bits per heavy atom. The molecule has 2 aromatic rings. The molecular formula is C42H55N3O8. The van der Waals surface area contributed by atoms with Crippen LogP contribution in [0.5, 0.6) is 0 Å². The van der Waals surface area contributed by atoms with Gasteiger partial charge >= 0.3 is 5.97 Å². The van der Waals surface area contributed by atoms with Gasteiger partial charge in [0.25, 0.3) is 5.91 Å². The van der Waals surface area contributed by atoms with E-state index in [-0.39, 0.29) is 43.9 Å². The highest BCUT2D eigenvalue weighted by atomic mass is 16.6. The minimum Gasteiger partial charge on any atom is -0.455 e. The lowest BCUT2D eigenvalue weighted by Gasteiger charge is -2.37. The van der Waals surface area contributed by atoms with Crippen LogP contribution in [0.25, 0.3) is 0 Å². The molecule has 2 N–H and O–H groups in total. The Morgan fingerprint density at radius 3 is 2.55 bits per heavy atom. The zero-order valence-electron chi connectivity index (χ0n) is 31.3. The van der Waals surface area contributed by atoms with E-state index in [1.54, 1.807) is 22.0 Å². The Hall–Kier alpha value is -4.32. The van der Waals surface area contributed by atoms with Crippen LogP contribution in [-0.4, -0.2) is 90.9 Å². The van der Waals surface area contributed by atoms with Gasteiger partial charge in [-0.1, -0.05) is 67.5 Å². The van der Waals surface area contributed by atoms with Crippen molar-refractivity contribution in [3.63, 3.8) is 0 Å². The first kappa shape index (κ1) is 39.9. The first-order valence-corrected chi connectivity index (χ1v) is 18.8. The van der Waals surface area contributed by atoms with Crippen molar-refractivity contribution in [1.29, 1.82) is 0 Å². The summed E-state index contributed by atoms with van der Waals surface area (Å²) in [6.45, 7) is 12.2. The molecule has 1 spiro atoms. The van der Waals surface area contributed by atoms with Crippen molar-refractivity contribution in [2.45, 2.75) is 95.1 Å². The SMILES string of the molecule is C=CCCC(=O)N[C@@H](COC)[C@@H](OC(=O)[C@@H]1[C@@H]2CC[C@]3(O2)[C@H](C(=O)N(CC=C)c2cc(C)ccc2C)N(CCCCCCO)C(=O)[C@@H]13)c1ccccc1. The largest absolute Gasteiger partial charge is 0.455 e. The number of nitrogens with one attached hydrogen (secondary N) is 1. The van der Waals surface area contributed by atoms with Gasteiger partial charge in [-0.25, -0.2) is 0 Å². The molecule has 11 nitrogen and oxygen atoms in total. The number of rotatable bonds is 20. The van der Waals surface area contributed by atoms with E-state index in [4.69, 9.17) is 14.2 Å². The molecule has 0 aromatic heterocycles. The number of esters is 1. The predicted octanol–water partition coefficient (Wildman–Crippen LogP) is 5.13. The molecule has 0 unspecified atom stereocenters. The molecule has 0 aliphatic carbocycles. The Balaban J connectivity index is 1.50. The highest BCUT2D eigenvalue weighted by Crippen LogP contribution is 2.59. The number of anilines is 1. The number of carbonyl (C=O) groups excluding carboxylic acids is 4. The van der Waals surface area contributed by atoms with Crippen LogP contribution in [0.1, 0.15) is 74.2 Å². The smallest absolute Gasteiger partial charge is 0.313 e. The molecule has 5 rings (SSSR count). The van der Waals surface area contributed by atoms with Crippen LogP contribution in [0.4, 0.5) is 5.69 Å². The number of aliphatic hydroxyl groups is 1. The van der Waals surface area contributed by atoms with Gasteiger partial charge in [0, 0.05) is 38.9 Å². The summed E-state index contributed by atoms with van der Waals surface area (Å²) in [6, 6.07) is 13.4. The summed E-state index contributed by atoms with van der Waals surface area (Å²) in [5.41, 5.74) is 2.07. The molecule has 7 atom stereocenters. The summed E-state index contributed by atoms with van der Waals surface area (Å²) in [5.74, 6) is -3.30. The van der Waals surface area contributed by atoms with Crippen LogP contribution in [0.15, 0.2) is 73.8 Å². The van der Waals surface area contributed by atoms with Gasteiger partial charge in [-0.15, -0.1) is 13.2 Å². The Bertz CT molecular complexity index is 1630. The lowest BCUT2D eigenvalue weighted by atomic mass is 9.70. The molecule has 11 heteroatoms. The van der Waals surface area contributed by atoms with E-state index in [0.717, 1.165) is 29.7 Å². The number of allylic oxidation sites excluding steroid dienone is 1. The van der Waals surface area contributed by atoms with Crippen molar-refractivity contribution in [3.8, 4) is 0 Å². The van der Waals surface area contributed by atoms with E-state index >= 15 is 0 Å². The fourth-order valence-corrected chi connectivity index (χ4v) is 8.41. The molecule has 0 radical (unpaired) electrons. The number of ether oxygens (including phenoxy) is 3. The third-order valence-corrected chi connectivity index (χ3v) is 10.9. The van der Waals surface area contributed by atoms with Crippen molar-refractivity contribution >= 4 is 29.4 Å². The molecule has 3 fully saturated rings. The van der Waals surface area contributed by atoms with Crippen LogP contribution < -0.4 is 10.2 Å². The van der Waals surface area contributed by atoms with Gasteiger partial charge in [0.05, 0.1) is 30.6 Å². The molecule has 0 saturated carbocycles. The third-order valence-electron chi connectivity index (χ3n) is 10.9. The number of hydrogen-bond acceptors (Lipinski definition) is 8. The summed E-state index contributed by atoms with van der Waals surface area (Å²) in [6.07, 6.45) is 6.27. The summed E-state index contributed by atoms with van der Waals surface area (Å²) in [4.78, 5) is 60.5. The maximum absolute atomic E-state index is 15.0. The minimum absolute atomic E-state index is 0.0711. The number of hydrogen-bond donors (Lipinski definition) is 2. The number of unbranched alkanes of at least 4 members (excludes halogenated alkanes) is 3. The maximum atomic E-state index is 15.0. The van der Waals surface area contributed by atoms with Gasteiger partial charge in [0.2, 0.25) is 11.8 Å². The third kappa shape index (κ3) is 8.42. The second kappa shape index (κ2) is 18.1. The van der Waals surface area contributed by atoms with E-state index < -0.39 is 47.7 Å². The van der Waals surface area contributed by atoms with Crippen LogP contribution in [0, 0.1) is 25.7 Å². The van der Waals surface area contributed by atoms with Gasteiger partial charge in [-0.3, -0.25) is 19.2 Å². The first-order chi connectivity index (χ1) is 25.6. The van der Waals surface area contributed by atoms with Gasteiger partial charge in [-0.05, 0) is 68.7 Å². The van der Waals surface area contributed by atoms with E-state index in [9.17, 15) is 24.3 Å². The standard InChI is InChI=1S/C42H55N3O8/c1-6-8-18-34(47)43-31(27-51-5)37(30-16-12-11-13-17-30)52-41(50)35-33-21-22-42(53-33)36(35)39(48)45(24-14-9-10-15-25-46)38(42)40(49)44(23-7-2)32-26-28(3)19-20-29(32)4/h6-7,11-13,16-17,19-20,26,31,33,35-38,46H,1-2,8-10,14-15,18,21-25,27H2,3-5H3,(H,43,47)/t31-,33-,35+,36+,37-,38-,42+/m0/s1. The van der Waals surface area contributed by atoms with Gasteiger partial charge in [0.1, 0.15) is 17.7 Å². The molecule has 286 valence electrons. The van der Waals surface area contributed by atoms with Crippen LogP contribution in [0.3, 0.4) is 0 Å². The number of carbonyl (C=O) groups is 4. The zero-order chi connectivity index (χ0) is 38.1. The lowest BCUT2D eigenvalue weighted by molar-refractivity contribution is -0.163. The van der Waals surface area contributed by atoms with Crippen molar-refractivity contribution in [2.75, 3.05) is 38.3 Å². The van der Waals surface area contributed by atoms with Crippen LogP contribution >= 0.6 is 0 Å². The van der Waals surface area contributed by atoms with Crippen molar-refractivity contribution < 1.29 is 38.5 Å². The zero-order valence-corrected chi connectivity index (χ0v) is 31.3. The average Bonchev–Trinajstić information content (AvgIpc) is 3.80. The number of nitrogens with zero attached hydrogens (tertiary/aromatic N) is 2. The topological polar surface area (TPSA) is 135 Å². The van der Waals surface area contributed by atoms with E-state index in [0.29, 0.717) is 44.2 Å². The molecule has 53 heavy (non-hydrogen) atoms. The number of likely N-dealkylation sites (tertiary alicyclic amines) is 1. The van der Waals surface area contributed by atoms with E-state index in [1.165, 1.54) is 7.11 Å². The van der Waals surface area contributed by atoms with Crippen LogP contribution in [0.2, 0.25) is 0 Å². The fraction of sp³-hybridized carbons (Fsp3) is 0.524. The normalized spacial score (nSPS) is 24.0. The molecule has 3 saturated heterocycles. The summed E-state index contributed by atoms with van der Waals surface area (Å²) in [7, 11) is 1.51. The minimum atomic E-state index is -1.22. The summed E-state index contributed by atoms with van der Waals surface area (Å²) >= 11 is 0. The fourth-order valence-electron chi connectivity index (χ4n) is 8.41. The number of amides is 3. The maximum Gasteiger partial charge on any atom is 0.313 e. The molecular weight excluding hydrogens is 674 g/mol. The van der Waals surface area contributed by atoms with Crippen molar-refractivity contribution in [2.24, 2.45) is 11.8 Å². The van der Waals surface area contributed by atoms with Crippen molar-refractivity contribution in [3.05, 3.63) is 90.5 Å². The second-order valence-electron chi connectivity index (χ2n) is 14.5. The summed E-state index contributed by atoms with van der Waals surface area (Å²) < 4.78 is 18.6. The first-order valence-electron chi connectivity index (χ1n) is 18.8. The molecule has 3 aliphatic heterocycles. The average molecular weight is 730 g/mol. The van der Waals surface area contributed by atoms with Gasteiger partial charge in [-0.2, -0.15) is 0 Å². The molecule has 3 aliphatic rings. The second-order valence-corrected chi connectivity index (χ2v) is 14.5. The number of benzene rings is 2. The van der Waals surface area contributed by atoms with Gasteiger partial charge < -0.3 is 34.4 Å². The Morgan fingerprint density at radius 1 is 1.09 bits per heavy atom. The number of fused-ring (bicyclic) bond motifs is 1. The highest BCUT2D eigenvalue weighted by molar-refractivity contribution is 6.05. The quantitative estimate of drug-likeness (QED) is 0.109. The molecule has 2 aromatic carbocycles. The van der Waals surface area contributed by atoms with E-state index in [1.807, 2.05) is 62.4 Å². The molecule has 2 bridgehead atoms. The van der Waals surface area contributed by atoms with Crippen LogP contribution in [-0.2, 0) is 33.4 Å².